The molecule has 2 rings (SSSR count). The van der Waals surface area contributed by atoms with Gasteiger partial charge in [-0.1, -0.05) is 0 Å². The minimum atomic E-state index is -1.06. The number of furan rings is 1. The third-order valence-electron chi connectivity index (χ3n) is 2.52. The number of rotatable bonds is 1. The van der Waals surface area contributed by atoms with Gasteiger partial charge in [-0.25, -0.2) is 4.79 Å². The molecule has 78 valence electrons. The number of hydrogen-bond acceptors (Lipinski definition) is 3. The topological polar surface area (TPSA) is 70.7 Å². The maximum absolute atomic E-state index is 10.9. The first kappa shape index (κ1) is 9.58. The molecule has 0 aliphatic rings. The van der Waals surface area contributed by atoms with Crippen molar-refractivity contribution in [1.29, 1.82) is 0 Å². The quantitative estimate of drug-likeness (QED) is 0.751. The number of hydrogen-bond donors (Lipinski definition) is 2. The fourth-order valence-electron chi connectivity index (χ4n) is 1.61. The fraction of sp³-hybridized carbons (Fsp3) is 0.182. The molecule has 0 saturated heterocycles. The first-order valence-electron chi connectivity index (χ1n) is 4.47. The minimum absolute atomic E-state index is 0.0457. The highest BCUT2D eigenvalue weighted by atomic mass is 16.4. The molecular formula is C11H10O4. The van der Waals surface area contributed by atoms with Crippen LogP contribution in [0.2, 0.25) is 0 Å². The van der Waals surface area contributed by atoms with Crippen LogP contribution in [-0.4, -0.2) is 16.2 Å². The van der Waals surface area contributed by atoms with Crippen molar-refractivity contribution < 1.29 is 19.4 Å². The average molecular weight is 206 g/mol. The number of carbonyl (C=O) groups is 1. The predicted molar refractivity (Wildman–Crippen MR) is 54.3 cm³/mol. The Bertz CT molecular complexity index is 551. The Morgan fingerprint density at radius 3 is 2.60 bits per heavy atom. The van der Waals surface area contributed by atoms with Crippen molar-refractivity contribution in [2.75, 3.05) is 0 Å². The van der Waals surface area contributed by atoms with Crippen molar-refractivity contribution in [3.63, 3.8) is 0 Å². The first-order chi connectivity index (χ1) is 7.02. The number of aryl methyl sites for hydroxylation is 2. The number of carboxylic acid groups (broad SMARTS) is 1. The summed E-state index contributed by atoms with van der Waals surface area (Å²) in [7, 11) is 0. The number of aromatic carboxylic acids is 1. The molecule has 4 nitrogen and oxygen atoms in total. The summed E-state index contributed by atoms with van der Waals surface area (Å²) in [6, 6.07) is 2.70. The van der Waals surface area contributed by atoms with Gasteiger partial charge in [-0.15, -0.1) is 0 Å². The SMILES string of the molecule is Cc1oc2c(C(=O)O)ccc(O)c2c1C. The van der Waals surface area contributed by atoms with Gasteiger partial charge in [0.25, 0.3) is 0 Å². The van der Waals surface area contributed by atoms with Gasteiger partial charge < -0.3 is 14.6 Å². The zero-order valence-electron chi connectivity index (χ0n) is 8.37. The standard InChI is InChI=1S/C11H10O4/c1-5-6(2)15-10-7(11(13)14)3-4-8(12)9(5)10/h3-4,12H,1-2H3,(H,13,14). The van der Waals surface area contributed by atoms with E-state index in [2.05, 4.69) is 0 Å². The van der Waals surface area contributed by atoms with Crippen LogP contribution < -0.4 is 0 Å². The third-order valence-corrected chi connectivity index (χ3v) is 2.52. The van der Waals surface area contributed by atoms with E-state index in [1.54, 1.807) is 13.8 Å². The van der Waals surface area contributed by atoms with Gasteiger partial charge in [0.15, 0.2) is 5.58 Å². The van der Waals surface area contributed by atoms with E-state index in [1.165, 1.54) is 12.1 Å². The van der Waals surface area contributed by atoms with Crippen molar-refractivity contribution in [2.24, 2.45) is 0 Å². The van der Waals surface area contributed by atoms with Crippen LogP contribution in [0, 0.1) is 13.8 Å². The second kappa shape index (κ2) is 3.02. The predicted octanol–water partition coefficient (Wildman–Crippen LogP) is 2.45. The van der Waals surface area contributed by atoms with Crippen LogP contribution >= 0.6 is 0 Å². The lowest BCUT2D eigenvalue weighted by atomic mass is 10.1. The largest absolute Gasteiger partial charge is 0.507 e. The number of benzene rings is 1. The normalized spacial score (nSPS) is 10.8. The molecule has 0 saturated carbocycles. The molecule has 4 heteroatoms. The summed E-state index contributed by atoms with van der Waals surface area (Å²) in [5.41, 5.74) is 1.07. The van der Waals surface area contributed by atoms with Gasteiger partial charge in [-0.05, 0) is 26.0 Å². The molecule has 0 aliphatic carbocycles. The zero-order valence-corrected chi connectivity index (χ0v) is 8.37. The highest BCUT2D eigenvalue weighted by Crippen LogP contribution is 2.34. The number of aromatic hydroxyl groups is 1. The second-order valence-electron chi connectivity index (χ2n) is 3.42. The molecule has 0 radical (unpaired) electrons. The molecule has 0 spiro atoms. The van der Waals surface area contributed by atoms with Crippen molar-refractivity contribution in [2.45, 2.75) is 13.8 Å². The molecule has 0 bridgehead atoms. The molecule has 0 atom stereocenters. The molecular weight excluding hydrogens is 196 g/mol. The van der Waals surface area contributed by atoms with Crippen LogP contribution in [0.25, 0.3) is 11.0 Å². The Labute approximate surface area is 85.8 Å². The first-order valence-corrected chi connectivity index (χ1v) is 4.47. The summed E-state index contributed by atoms with van der Waals surface area (Å²) in [6.45, 7) is 3.52. The van der Waals surface area contributed by atoms with Crippen LogP contribution in [0.3, 0.4) is 0 Å². The number of phenols is 1. The summed E-state index contributed by atoms with van der Waals surface area (Å²) in [5, 5.41) is 19.0. The Balaban J connectivity index is 2.95. The van der Waals surface area contributed by atoms with Crippen LogP contribution in [0.15, 0.2) is 16.5 Å². The summed E-state index contributed by atoms with van der Waals surface area (Å²) in [6.07, 6.45) is 0. The molecule has 1 heterocycles. The average Bonchev–Trinajstić information content (AvgIpc) is 2.44. The molecule has 2 aromatic rings. The van der Waals surface area contributed by atoms with Crippen LogP contribution in [-0.2, 0) is 0 Å². The third kappa shape index (κ3) is 1.26. The number of phenolic OH excluding ortho intramolecular Hbond substituents is 1. The molecule has 1 aromatic heterocycles. The van der Waals surface area contributed by atoms with E-state index in [1.807, 2.05) is 0 Å². The van der Waals surface area contributed by atoms with E-state index >= 15 is 0 Å². The van der Waals surface area contributed by atoms with Crippen molar-refractivity contribution in [3.05, 3.63) is 29.0 Å². The number of carboxylic acids is 1. The van der Waals surface area contributed by atoms with E-state index in [0.717, 1.165) is 5.56 Å². The zero-order chi connectivity index (χ0) is 11.2. The maximum Gasteiger partial charge on any atom is 0.339 e. The molecule has 0 unspecified atom stereocenters. The van der Waals surface area contributed by atoms with E-state index in [9.17, 15) is 9.90 Å². The van der Waals surface area contributed by atoms with Gasteiger partial charge in [-0.3, -0.25) is 0 Å². The Morgan fingerprint density at radius 1 is 1.33 bits per heavy atom. The van der Waals surface area contributed by atoms with Crippen LogP contribution in [0.4, 0.5) is 0 Å². The van der Waals surface area contributed by atoms with Crippen molar-refractivity contribution in [1.82, 2.24) is 0 Å². The minimum Gasteiger partial charge on any atom is -0.507 e. The summed E-state index contributed by atoms with van der Waals surface area (Å²) >= 11 is 0. The fourth-order valence-corrected chi connectivity index (χ4v) is 1.61. The molecule has 0 fully saturated rings. The van der Waals surface area contributed by atoms with Crippen LogP contribution in [0.5, 0.6) is 5.75 Å². The van der Waals surface area contributed by atoms with Gasteiger partial charge in [0.05, 0.1) is 5.39 Å². The number of fused-ring (bicyclic) bond motifs is 1. The van der Waals surface area contributed by atoms with Crippen LogP contribution in [0.1, 0.15) is 21.7 Å². The lowest BCUT2D eigenvalue weighted by molar-refractivity contribution is 0.0698. The van der Waals surface area contributed by atoms with Crippen molar-refractivity contribution >= 4 is 16.9 Å². The van der Waals surface area contributed by atoms with Gasteiger partial charge >= 0.3 is 5.97 Å². The second-order valence-corrected chi connectivity index (χ2v) is 3.42. The summed E-state index contributed by atoms with van der Waals surface area (Å²) < 4.78 is 5.33. The van der Waals surface area contributed by atoms with Gasteiger partial charge in [0, 0.05) is 5.56 Å². The Morgan fingerprint density at radius 2 is 2.00 bits per heavy atom. The van der Waals surface area contributed by atoms with E-state index in [0.29, 0.717) is 11.1 Å². The molecule has 0 amide bonds. The molecule has 1 aromatic carbocycles. The van der Waals surface area contributed by atoms with Gasteiger partial charge in [-0.2, -0.15) is 0 Å². The molecule has 15 heavy (non-hydrogen) atoms. The highest BCUT2D eigenvalue weighted by molar-refractivity contribution is 6.04. The van der Waals surface area contributed by atoms with E-state index < -0.39 is 5.97 Å². The molecule has 2 N–H and O–H groups in total. The van der Waals surface area contributed by atoms with E-state index in [4.69, 9.17) is 9.52 Å². The van der Waals surface area contributed by atoms with Gasteiger partial charge in [0.1, 0.15) is 17.1 Å². The molecule has 0 aliphatic heterocycles. The van der Waals surface area contributed by atoms with Gasteiger partial charge in [0.2, 0.25) is 0 Å². The maximum atomic E-state index is 10.9. The highest BCUT2D eigenvalue weighted by Gasteiger charge is 2.18. The Kier molecular flexibility index (Phi) is 1.93. The lowest BCUT2D eigenvalue weighted by Crippen LogP contribution is -1.96. The smallest absolute Gasteiger partial charge is 0.339 e. The lowest BCUT2D eigenvalue weighted by Gasteiger charge is -1.98. The summed E-state index contributed by atoms with van der Waals surface area (Å²) in [5.74, 6) is -0.396. The van der Waals surface area contributed by atoms with E-state index in [-0.39, 0.29) is 16.9 Å². The van der Waals surface area contributed by atoms with Crippen molar-refractivity contribution in [3.8, 4) is 5.75 Å². The monoisotopic (exact) mass is 206 g/mol. The Hall–Kier alpha value is -1.97. The summed E-state index contributed by atoms with van der Waals surface area (Å²) in [4.78, 5) is 10.9.